The van der Waals surface area contributed by atoms with Gasteiger partial charge in [0.2, 0.25) is 0 Å². The van der Waals surface area contributed by atoms with Crippen LogP contribution in [-0.4, -0.2) is 29.1 Å². The van der Waals surface area contributed by atoms with Gasteiger partial charge in [0.25, 0.3) is 5.91 Å². The number of nitrogens with zero attached hydrogens (tertiary/aromatic N) is 1. The number of amides is 1. The van der Waals surface area contributed by atoms with Crippen LogP contribution in [0.3, 0.4) is 0 Å². The Bertz CT molecular complexity index is 1020. The molecule has 0 radical (unpaired) electrons. The van der Waals surface area contributed by atoms with Crippen LogP contribution in [0.1, 0.15) is 20.8 Å². The molecule has 3 aromatic rings. The topological polar surface area (TPSA) is 88.5 Å². The second-order valence-electron chi connectivity index (χ2n) is 5.31. The number of benzene rings is 2. The summed E-state index contributed by atoms with van der Waals surface area (Å²) in [5.74, 6) is -1.01. The van der Waals surface area contributed by atoms with Gasteiger partial charge >= 0.3 is 5.97 Å². The minimum atomic E-state index is -1.17. The highest BCUT2D eigenvalue weighted by Gasteiger charge is 2.19. The molecule has 138 valence electrons. The lowest BCUT2D eigenvalue weighted by molar-refractivity contribution is 0.0691. The van der Waals surface area contributed by atoms with E-state index in [4.69, 9.17) is 33.0 Å². The van der Waals surface area contributed by atoms with Gasteiger partial charge in [-0.1, -0.05) is 35.3 Å². The maximum Gasteiger partial charge on any atom is 0.355 e. The van der Waals surface area contributed by atoms with Crippen LogP contribution in [0.5, 0.6) is 5.75 Å². The molecule has 9 heteroatoms. The minimum absolute atomic E-state index is 0.142. The Morgan fingerprint density at radius 2 is 1.85 bits per heavy atom. The van der Waals surface area contributed by atoms with Crippen molar-refractivity contribution in [1.82, 2.24) is 4.98 Å². The highest BCUT2D eigenvalue weighted by atomic mass is 35.5. The normalized spacial score (nSPS) is 10.5. The first-order valence-corrected chi connectivity index (χ1v) is 9.17. The van der Waals surface area contributed by atoms with Crippen LogP contribution in [0.15, 0.2) is 41.8 Å². The number of aromatic carboxylic acids is 1. The molecule has 0 fully saturated rings. The monoisotopic (exact) mass is 422 g/mol. The number of halogens is 2. The van der Waals surface area contributed by atoms with Crippen LogP contribution in [-0.2, 0) is 0 Å². The lowest BCUT2D eigenvalue weighted by Crippen LogP contribution is -2.13. The quantitative estimate of drug-likeness (QED) is 0.598. The van der Waals surface area contributed by atoms with E-state index in [2.05, 4.69) is 10.3 Å². The van der Waals surface area contributed by atoms with Crippen molar-refractivity contribution in [3.05, 3.63) is 63.1 Å². The highest BCUT2D eigenvalue weighted by Crippen LogP contribution is 2.38. The highest BCUT2D eigenvalue weighted by molar-refractivity contribution is 7.14. The number of thiazole rings is 1. The van der Waals surface area contributed by atoms with Gasteiger partial charge in [0.1, 0.15) is 5.75 Å². The van der Waals surface area contributed by atoms with Gasteiger partial charge in [0.15, 0.2) is 10.8 Å². The maximum atomic E-state index is 12.6. The van der Waals surface area contributed by atoms with Gasteiger partial charge in [-0.25, -0.2) is 9.78 Å². The van der Waals surface area contributed by atoms with Gasteiger partial charge in [-0.3, -0.25) is 10.1 Å². The molecule has 0 atom stereocenters. The van der Waals surface area contributed by atoms with Crippen molar-refractivity contribution in [2.45, 2.75) is 0 Å². The van der Waals surface area contributed by atoms with E-state index in [9.17, 15) is 9.59 Å². The number of hydrogen-bond donors (Lipinski definition) is 2. The van der Waals surface area contributed by atoms with Crippen LogP contribution in [0.2, 0.25) is 10.0 Å². The molecule has 6 nitrogen and oxygen atoms in total. The fourth-order valence-electron chi connectivity index (χ4n) is 2.34. The Morgan fingerprint density at radius 3 is 2.44 bits per heavy atom. The number of ether oxygens (including phenoxy) is 1. The maximum absolute atomic E-state index is 12.6. The lowest BCUT2D eigenvalue weighted by Gasteiger charge is -2.12. The van der Waals surface area contributed by atoms with Crippen molar-refractivity contribution in [3.63, 3.8) is 0 Å². The fraction of sp³-hybridized carbons (Fsp3) is 0.0556. The van der Waals surface area contributed by atoms with Gasteiger partial charge in [-0.2, -0.15) is 0 Å². The van der Waals surface area contributed by atoms with Crippen LogP contribution in [0.4, 0.5) is 5.13 Å². The van der Waals surface area contributed by atoms with Crippen molar-refractivity contribution in [2.24, 2.45) is 0 Å². The molecule has 2 aromatic carbocycles. The zero-order chi connectivity index (χ0) is 19.6. The number of hydrogen-bond acceptors (Lipinski definition) is 5. The summed E-state index contributed by atoms with van der Waals surface area (Å²) in [6, 6.07) is 10.2. The minimum Gasteiger partial charge on any atom is -0.497 e. The summed E-state index contributed by atoms with van der Waals surface area (Å²) in [5.41, 5.74) is 1.29. The van der Waals surface area contributed by atoms with E-state index >= 15 is 0 Å². The third kappa shape index (κ3) is 4.05. The number of anilines is 1. The Hall–Kier alpha value is -2.61. The fourth-order valence-corrected chi connectivity index (χ4v) is 3.70. The Kier molecular flexibility index (Phi) is 5.65. The number of aromatic nitrogens is 1. The number of carboxylic acid groups (broad SMARTS) is 1. The van der Waals surface area contributed by atoms with E-state index in [1.54, 1.807) is 37.4 Å². The van der Waals surface area contributed by atoms with E-state index in [-0.39, 0.29) is 21.4 Å². The average molecular weight is 423 g/mol. The molecule has 2 N–H and O–H groups in total. The molecule has 0 saturated carbocycles. The average Bonchev–Trinajstić information content (AvgIpc) is 3.11. The zero-order valence-electron chi connectivity index (χ0n) is 13.8. The summed E-state index contributed by atoms with van der Waals surface area (Å²) in [6.07, 6.45) is 0. The largest absolute Gasteiger partial charge is 0.497 e. The van der Waals surface area contributed by atoms with Gasteiger partial charge in [0, 0.05) is 16.0 Å². The SMILES string of the molecule is COc1ccc(-c2c(Cl)ccc(C(=O)Nc3nc(C(=O)O)cs3)c2Cl)cc1. The Morgan fingerprint density at radius 1 is 1.15 bits per heavy atom. The van der Waals surface area contributed by atoms with Crippen molar-refractivity contribution in [2.75, 3.05) is 12.4 Å². The van der Waals surface area contributed by atoms with Crippen LogP contribution >= 0.6 is 34.5 Å². The zero-order valence-corrected chi connectivity index (χ0v) is 16.2. The van der Waals surface area contributed by atoms with Gasteiger partial charge in [0.05, 0.1) is 17.7 Å². The summed E-state index contributed by atoms with van der Waals surface area (Å²) in [7, 11) is 1.56. The number of carbonyl (C=O) groups excluding carboxylic acids is 1. The first kappa shape index (κ1) is 19.2. The number of carboxylic acids is 1. The predicted octanol–water partition coefficient (Wildman–Crippen LogP) is 5.08. The molecule has 0 spiro atoms. The van der Waals surface area contributed by atoms with Crippen molar-refractivity contribution in [3.8, 4) is 16.9 Å². The molecular formula is C18H12Cl2N2O4S. The van der Waals surface area contributed by atoms with E-state index < -0.39 is 11.9 Å². The van der Waals surface area contributed by atoms with Crippen LogP contribution < -0.4 is 10.1 Å². The molecule has 27 heavy (non-hydrogen) atoms. The third-order valence-corrected chi connectivity index (χ3v) is 5.12. The second kappa shape index (κ2) is 7.96. The van der Waals surface area contributed by atoms with E-state index in [1.807, 2.05) is 0 Å². The second-order valence-corrected chi connectivity index (χ2v) is 6.95. The molecule has 1 aromatic heterocycles. The molecule has 0 bridgehead atoms. The number of nitrogens with one attached hydrogen (secondary N) is 1. The number of rotatable bonds is 5. The van der Waals surface area contributed by atoms with E-state index in [1.165, 1.54) is 11.4 Å². The van der Waals surface area contributed by atoms with Crippen molar-refractivity contribution in [1.29, 1.82) is 0 Å². The molecule has 0 aliphatic carbocycles. The Labute approximate surface area is 168 Å². The summed E-state index contributed by atoms with van der Waals surface area (Å²) in [5, 5.41) is 13.5. The van der Waals surface area contributed by atoms with Gasteiger partial charge in [-0.15, -0.1) is 11.3 Å². The standard InChI is InChI=1S/C18H12Cl2N2O4S/c1-26-10-4-2-9(3-5-10)14-12(19)7-6-11(15(14)20)16(23)22-18-21-13(8-27-18)17(24)25/h2-8H,1H3,(H,24,25)(H,21,22,23). The summed E-state index contributed by atoms with van der Waals surface area (Å²) < 4.78 is 5.14. The molecular weight excluding hydrogens is 411 g/mol. The van der Waals surface area contributed by atoms with E-state index in [0.29, 0.717) is 16.3 Å². The molecule has 3 rings (SSSR count). The van der Waals surface area contributed by atoms with Gasteiger partial charge in [-0.05, 0) is 29.8 Å². The number of methoxy groups -OCH3 is 1. The Balaban J connectivity index is 1.93. The lowest BCUT2D eigenvalue weighted by atomic mass is 10.0. The first-order valence-electron chi connectivity index (χ1n) is 7.53. The van der Waals surface area contributed by atoms with Crippen molar-refractivity contribution < 1.29 is 19.4 Å². The molecule has 1 amide bonds. The predicted molar refractivity (Wildman–Crippen MR) is 105 cm³/mol. The van der Waals surface area contributed by atoms with Crippen molar-refractivity contribution >= 4 is 51.5 Å². The summed E-state index contributed by atoms with van der Waals surface area (Å²) >= 11 is 13.7. The van der Waals surface area contributed by atoms with Gasteiger partial charge < -0.3 is 9.84 Å². The van der Waals surface area contributed by atoms with E-state index in [0.717, 1.165) is 16.9 Å². The summed E-state index contributed by atoms with van der Waals surface area (Å²) in [6.45, 7) is 0. The third-order valence-electron chi connectivity index (χ3n) is 3.66. The van der Waals surface area contributed by atoms with Crippen LogP contribution in [0.25, 0.3) is 11.1 Å². The molecule has 0 saturated heterocycles. The smallest absolute Gasteiger partial charge is 0.355 e. The first-order chi connectivity index (χ1) is 12.9. The van der Waals surface area contributed by atoms with Crippen LogP contribution in [0, 0.1) is 0 Å². The summed E-state index contributed by atoms with van der Waals surface area (Å²) in [4.78, 5) is 27.3. The molecule has 1 heterocycles. The number of carbonyl (C=O) groups is 2. The molecule has 0 unspecified atom stereocenters. The molecule has 0 aliphatic rings. The molecule has 0 aliphatic heterocycles.